The van der Waals surface area contributed by atoms with Crippen LogP contribution in [0.1, 0.15) is 36.4 Å². The molecule has 174 valence electrons. The number of piperidine rings is 1. The topological polar surface area (TPSA) is 96.0 Å². The first-order valence-electron chi connectivity index (χ1n) is 10.6. The van der Waals surface area contributed by atoms with Gasteiger partial charge in [0.1, 0.15) is 5.75 Å². The number of ether oxygens (including phenoxy) is 1. The molecular weight excluding hydrogens is 450 g/mol. The Labute approximate surface area is 193 Å². The summed E-state index contributed by atoms with van der Waals surface area (Å²) in [6.45, 7) is 5.28. The Kier molecular flexibility index (Phi) is 7.91. The summed E-state index contributed by atoms with van der Waals surface area (Å²) in [6, 6.07) is 8.13. The third-order valence-corrected chi connectivity index (χ3v) is 8.56. The summed E-state index contributed by atoms with van der Waals surface area (Å²) in [7, 11) is -2.19. The lowest BCUT2D eigenvalue weighted by molar-refractivity contribution is -0.121. The molecule has 0 aliphatic carbocycles. The van der Waals surface area contributed by atoms with Gasteiger partial charge < -0.3 is 15.0 Å². The predicted molar refractivity (Wildman–Crippen MR) is 125 cm³/mol. The van der Waals surface area contributed by atoms with Crippen LogP contribution in [0.25, 0.3) is 0 Å². The molecule has 1 aromatic heterocycles. The number of carbonyl (C=O) groups excluding carboxylic acids is 2. The predicted octanol–water partition coefficient (Wildman–Crippen LogP) is 3.28. The Bertz CT molecular complexity index is 1040. The fourth-order valence-electron chi connectivity index (χ4n) is 3.79. The molecule has 0 spiro atoms. The average Bonchev–Trinajstić information content (AvgIpc) is 3.34. The molecule has 8 nitrogen and oxygen atoms in total. The molecule has 1 aliphatic heterocycles. The van der Waals surface area contributed by atoms with E-state index in [0.29, 0.717) is 55.3 Å². The number of carbonyl (C=O) groups is 2. The van der Waals surface area contributed by atoms with Crippen molar-refractivity contribution in [1.29, 1.82) is 0 Å². The van der Waals surface area contributed by atoms with Gasteiger partial charge in [0.25, 0.3) is 5.91 Å². The van der Waals surface area contributed by atoms with Crippen LogP contribution in [-0.4, -0.2) is 62.7 Å². The van der Waals surface area contributed by atoms with Crippen LogP contribution < -0.4 is 10.1 Å². The highest BCUT2D eigenvalue weighted by Gasteiger charge is 2.29. The van der Waals surface area contributed by atoms with Gasteiger partial charge in [-0.1, -0.05) is 19.9 Å². The van der Waals surface area contributed by atoms with Crippen molar-refractivity contribution < 1.29 is 22.7 Å². The van der Waals surface area contributed by atoms with Gasteiger partial charge in [-0.05, 0) is 42.5 Å². The number of amides is 2. The maximum atomic E-state index is 12.9. The summed E-state index contributed by atoms with van der Waals surface area (Å²) in [5, 5.41) is 4.71. The van der Waals surface area contributed by atoms with Gasteiger partial charge in [0.2, 0.25) is 15.9 Å². The number of benzene rings is 1. The lowest BCUT2D eigenvalue weighted by atomic mass is 9.95. The molecule has 0 bridgehead atoms. The molecule has 0 unspecified atom stereocenters. The highest BCUT2D eigenvalue weighted by Crippen LogP contribution is 2.30. The molecule has 0 radical (unpaired) electrons. The second-order valence-electron chi connectivity index (χ2n) is 7.48. The molecule has 2 aromatic rings. The Morgan fingerprint density at radius 2 is 1.88 bits per heavy atom. The fraction of sp³-hybridized carbons (Fsp3) is 0.455. The molecule has 1 fully saturated rings. The second-order valence-corrected chi connectivity index (χ2v) is 10.4. The van der Waals surface area contributed by atoms with E-state index in [1.807, 2.05) is 11.4 Å². The van der Waals surface area contributed by atoms with Crippen molar-refractivity contribution in [2.75, 3.05) is 38.6 Å². The third-order valence-electron chi connectivity index (χ3n) is 5.66. The first-order valence-corrected chi connectivity index (χ1v) is 13.0. The van der Waals surface area contributed by atoms with Crippen molar-refractivity contribution >= 4 is 38.9 Å². The number of hydrogen-bond acceptors (Lipinski definition) is 6. The zero-order valence-electron chi connectivity index (χ0n) is 18.5. The molecule has 1 aliphatic rings. The Balaban J connectivity index is 1.70. The van der Waals surface area contributed by atoms with Gasteiger partial charge in [0.05, 0.1) is 22.6 Å². The highest BCUT2D eigenvalue weighted by molar-refractivity contribution is 7.89. The molecule has 1 saturated heterocycles. The number of nitrogens with zero attached hydrogens (tertiary/aromatic N) is 2. The maximum Gasteiger partial charge on any atom is 0.263 e. The highest BCUT2D eigenvalue weighted by atomic mass is 32.2. The molecule has 2 heterocycles. The van der Waals surface area contributed by atoms with Crippen LogP contribution in [0.5, 0.6) is 5.75 Å². The molecule has 32 heavy (non-hydrogen) atoms. The lowest BCUT2D eigenvalue weighted by Crippen LogP contribution is -2.41. The van der Waals surface area contributed by atoms with Crippen LogP contribution in [0.2, 0.25) is 0 Å². The minimum Gasteiger partial charge on any atom is -0.495 e. The molecule has 10 heteroatoms. The zero-order valence-corrected chi connectivity index (χ0v) is 20.2. The third kappa shape index (κ3) is 5.13. The SMILES string of the molecule is CCN(CC)S(=O)(=O)c1ccc(OC)c(NC(=O)C2CCN(C(=O)c3cccs3)CC2)c1. The summed E-state index contributed by atoms with van der Waals surface area (Å²) in [5.41, 5.74) is 0.322. The van der Waals surface area contributed by atoms with Crippen LogP contribution in [0, 0.1) is 5.92 Å². The second kappa shape index (κ2) is 10.5. The number of thiophene rings is 1. The number of nitrogens with one attached hydrogen (secondary N) is 1. The van der Waals surface area contributed by atoms with Gasteiger partial charge in [0.15, 0.2) is 0 Å². The average molecular weight is 480 g/mol. The fourth-order valence-corrected chi connectivity index (χ4v) is 5.97. The van der Waals surface area contributed by atoms with Gasteiger partial charge >= 0.3 is 0 Å². The number of anilines is 1. The van der Waals surface area contributed by atoms with Crippen LogP contribution >= 0.6 is 11.3 Å². The largest absolute Gasteiger partial charge is 0.495 e. The standard InChI is InChI=1S/C22H29N3O5S2/c1-4-25(5-2)32(28,29)17-8-9-19(30-3)18(15-17)23-21(26)16-10-12-24(13-11-16)22(27)20-7-6-14-31-20/h6-9,14-16H,4-5,10-13H2,1-3H3,(H,23,26). The van der Waals surface area contributed by atoms with Gasteiger partial charge in [-0.25, -0.2) is 8.42 Å². The van der Waals surface area contributed by atoms with E-state index in [2.05, 4.69) is 5.32 Å². The molecule has 1 N–H and O–H groups in total. The van der Waals surface area contributed by atoms with Crippen LogP contribution in [0.15, 0.2) is 40.6 Å². The smallest absolute Gasteiger partial charge is 0.263 e. The molecule has 1 aromatic carbocycles. The van der Waals surface area contributed by atoms with Crippen LogP contribution in [0.3, 0.4) is 0 Å². The Morgan fingerprint density at radius 3 is 2.44 bits per heavy atom. The van der Waals surface area contributed by atoms with E-state index >= 15 is 0 Å². The number of likely N-dealkylation sites (tertiary alicyclic amines) is 1. The van der Waals surface area contributed by atoms with Crippen molar-refractivity contribution in [1.82, 2.24) is 9.21 Å². The molecule has 2 amide bonds. The van der Waals surface area contributed by atoms with Crippen molar-refractivity contribution in [2.24, 2.45) is 5.92 Å². The van der Waals surface area contributed by atoms with Gasteiger partial charge in [-0.15, -0.1) is 11.3 Å². The quantitative estimate of drug-likeness (QED) is 0.627. The molecule has 0 atom stereocenters. The van der Waals surface area contributed by atoms with E-state index in [1.54, 1.807) is 30.9 Å². The van der Waals surface area contributed by atoms with Gasteiger partial charge in [0, 0.05) is 32.1 Å². The van der Waals surface area contributed by atoms with E-state index in [4.69, 9.17) is 4.74 Å². The first kappa shape index (κ1) is 24.2. The number of methoxy groups -OCH3 is 1. The van der Waals surface area contributed by atoms with E-state index in [0.717, 1.165) is 0 Å². The minimum atomic E-state index is -3.66. The molecular formula is C22H29N3O5S2. The Hall–Kier alpha value is -2.43. The zero-order chi connectivity index (χ0) is 23.3. The molecule has 0 saturated carbocycles. The summed E-state index contributed by atoms with van der Waals surface area (Å²) in [4.78, 5) is 28.0. The summed E-state index contributed by atoms with van der Waals surface area (Å²) >= 11 is 1.41. The van der Waals surface area contributed by atoms with E-state index in [1.165, 1.54) is 34.9 Å². The Morgan fingerprint density at radius 1 is 1.19 bits per heavy atom. The van der Waals surface area contributed by atoms with E-state index in [-0.39, 0.29) is 22.6 Å². The van der Waals surface area contributed by atoms with Crippen molar-refractivity contribution in [2.45, 2.75) is 31.6 Å². The van der Waals surface area contributed by atoms with E-state index in [9.17, 15) is 18.0 Å². The van der Waals surface area contributed by atoms with Crippen LogP contribution in [-0.2, 0) is 14.8 Å². The summed E-state index contributed by atoms with van der Waals surface area (Å²) < 4.78 is 32.4. The van der Waals surface area contributed by atoms with Crippen molar-refractivity contribution in [3.8, 4) is 5.75 Å². The first-order chi connectivity index (χ1) is 15.3. The molecule has 3 rings (SSSR count). The lowest BCUT2D eigenvalue weighted by Gasteiger charge is -2.31. The summed E-state index contributed by atoms with van der Waals surface area (Å²) in [6.07, 6.45) is 1.09. The van der Waals surface area contributed by atoms with Gasteiger partial charge in [-0.3, -0.25) is 9.59 Å². The van der Waals surface area contributed by atoms with Crippen molar-refractivity contribution in [3.63, 3.8) is 0 Å². The van der Waals surface area contributed by atoms with Crippen LogP contribution in [0.4, 0.5) is 5.69 Å². The number of hydrogen-bond donors (Lipinski definition) is 1. The number of rotatable bonds is 8. The maximum absolute atomic E-state index is 12.9. The van der Waals surface area contributed by atoms with E-state index < -0.39 is 10.0 Å². The normalized spacial score (nSPS) is 15.1. The number of sulfonamides is 1. The summed E-state index contributed by atoms with van der Waals surface area (Å²) in [5.74, 6) is -0.0870. The monoisotopic (exact) mass is 479 g/mol. The van der Waals surface area contributed by atoms with Gasteiger partial charge in [-0.2, -0.15) is 4.31 Å². The van der Waals surface area contributed by atoms with Crippen molar-refractivity contribution in [3.05, 3.63) is 40.6 Å². The minimum absolute atomic E-state index is 0.00478.